The standard InChI is InChI=1S/C22H36O2/c1-8-22(24-21(7)23,16-10-13-19(4)5)17-11-15-20(6)14-9-12-18(2)3/h8,12-13,15H,1,9-11,14,16-17H2,2-7H3/b20-15+. The second kappa shape index (κ2) is 11.9. The van der Waals surface area contributed by atoms with Gasteiger partial charge in [-0.1, -0.05) is 41.5 Å². The highest BCUT2D eigenvalue weighted by molar-refractivity contribution is 5.66. The third-order valence-corrected chi connectivity index (χ3v) is 3.99. The Labute approximate surface area is 149 Å². The minimum atomic E-state index is -0.561. The Morgan fingerprint density at radius 1 is 0.875 bits per heavy atom. The Morgan fingerprint density at radius 3 is 1.83 bits per heavy atom. The summed E-state index contributed by atoms with van der Waals surface area (Å²) < 4.78 is 5.64. The largest absolute Gasteiger partial charge is 0.455 e. The van der Waals surface area contributed by atoms with Crippen LogP contribution in [0, 0.1) is 0 Å². The number of hydrogen-bond donors (Lipinski definition) is 0. The fraction of sp³-hybridized carbons (Fsp3) is 0.591. The van der Waals surface area contributed by atoms with Gasteiger partial charge in [-0.25, -0.2) is 0 Å². The fourth-order valence-electron chi connectivity index (χ4n) is 2.62. The van der Waals surface area contributed by atoms with E-state index >= 15 is 0 Å². The number of carbonyl (C=O) groups excluding carboxylic acids is 1. The first-order valence-corrected chi connectivity index (χ1v) is 8.96. The molecule has 0 aliphatic heterocycles. The minimum absolute atomic E-state index is 0.239. The van der Waals surface area contributed by atoms with Gasteiger partial charge in [0.2, 0.25) is 0 Å². The first-order chi connectivity index (χ1) is 11.2. The van der Waals surface area contributed by atoms with Crippen molar-refractivity contribution in [2.24, 2.45) is 0 Å². The van der Waals surface area contributed by atoms with Crippen LogP contribution in [-0.4, -0.2) is 11.6 Å². The zero-order chi connectivity index (χ0) is 18.6. The molecule has 0 saturated heterocycles. The molecule has 0 N–H and O–H groups in total. The van der Waals surface area contributed by atoms with Gasteiger partial charge >= 0.3 is 5.97 Å². The van der Waals surface area contributed by atoms with Crippen molar-refractivity contribution in [2.45, 2.75) is 85.7 Å². The zero-order valence-electron chi connectivity index (χ0n) is 16.6. The first-order valence-electron chi connectivity index (χ1n) is 8.96. The van der Waals surface area contributed by atoms with E-state index in [1.807, 2.05) is 0 Å². The minimum Gasteiger partial charge on any atom is -0.455 e. The summed E-state index contributed by atoms with van der Waals surface area (Å²) in [4.78, 5) is 11.5. The molecule has 0 rings (SSSR count). The van der Waals surface area contributed by atoms with Crippen molar-refractivity contribution in [2.75, 3.05) is 0 Å². The second-order valence-electron chi connectivity index (χ2n) is 7.09. The van der Waals surface area contributed by atoms with Crippen molar-refractivity contribution in [3.63, 3.8) is 0 Å². The molecule has 1 unspecified atom stereocenters. The molecule has 2 heteroatoms. The Balaban J connectivity index is 4.74. The smallest absolute Gasteiger partial charge is 0.303 e. The van der Waals surface area contributed by atoms with Crippen LogP contribution < -0.4 is 0 Å². The van der Waals surface area contributed by atoms with E-state index < -0.39 is 5.60 Å². The fourth-order valence-corrected chi connectivity index (χ4v) is 2.62. The van der Waals surface area contributed by atoms with E-state index in [0.29, 0.717) is 0 Å². The molecule has 0 heterocycles. The van der Waals surface area contributed by atoms with Crippen LogP contribution in [0.25, 0.3) is 0 Å². The van der Waals surface area contributed by atoms with Crippen molar-refractivity contribution in [3.05, 3.63) is 47.6 Å². The van der Waals surface area contributed by atoms with Gasteiger partial charge in [0, 0.05) is 6.92 Å². The van der Waals surface area contributed by atoms with Crippen molar-refractivity contribution in [1.82, 2.24) is 0 Å². The Hall–Kier alpha value is -1.57. The lowest BCUT2D eigenvalue weighted by atomic mass is 9.90. The molecule has 0 bridgehead atoms. The van der Waals surface area contributed by atoms with E-state index in [1.54, 1.807) is 6.08 Å². The van der Waals surface area contributed by atoms with Crippen LogP contribution >= 0.6 is 0 Å². The molecular weight excluding hydrogens is 296 g/mol. The molecule has 0 fully saturated rings. The maximum atomic E-state index is 11.5. The monoisotopic (exact) mass is 332 g/mol. The molecule has 1 atom stereocenters. The highest BCUT2D eigenvalue weighted by Crippen LogP contribution is 2.27. The van der Waals surface area contributed by atoms with Crippen molar-refractivity contribution >= 4 is 5.97 Å². The third-order valence-electron chi connectivity index (χ3n) is 3.99. The van der Waals surface area contributed by atoms with Gasteiger partial charge in [-0.15, -0.1) is 0 Å². The van der Waals surface area contributed by atoms with E-state index in [0.717, 1.165) is 38.5 Å². The number of esters is 1. The molecule has 136 valence electrons. The number of ether oxygens (including phenoxy) is 1. The van der Waals surface area contributed by atoms with E-state index in [2.05, 4.69) is 59.4 Å². The van der Waals surface area contributed by atoms with E-state index in [1.165, 1.54) is 23.6 Å². The maximum Gasteiger partial charge on any atom is 0.303 e. The quantitative estimate of drug-likeness (QED) is 0.311. The number of carbonyl (C=O) groups is 1. The van der Waals surface area contributed by atoms with Gasteiger partial charge in [0.15, 0.2) is 0 Å². The average molecular weight is 333 g/mol. The van der Waals surface area contributed by atoms with Gasteiger partial charge < -0.3 is 4.74 Å². The lowest BCUT2D eigenvalue weighted by Crippen LogP contribution is -2.32. The zero-order valence-corrected chi connectivity index (χ0v) is 16.6. The summed E-state index contributed by atoms with van der Waals surface area (Å²) in [5.74, 6) is -0.239. The molecule has 0 aliphatic rings. The van der Waals surface area contributed by atoms with Crippen molar-refractivity contribution in [1.29, 1.82) is 0 Å². The molecule has 0 amide bonds. The van der Waals surface area contributed by atoms with Gasteiger partial charge in [0.25, 0.3) is 0 Å². The van der Waals surface area contributed by atoms with Crippen LogP contribution in [0.1, 0.15) is 80.1 Å². The number of rotatable bonds is 11. The molecule has 0 spiro atoms. The predicted molar refractivity (Wildman–Crippen MR) is 105 cm³/mol. The number of hydrogen-bond acceptors (Lipinski definition) is 2. The number of allylic oxidation sites excluding steroid dienone is 6. The van der Waals surface area contributed by atoms with Crippen LogP contribution in [0.15, 0.2) is 47.6 Å². The summed E-state index contributed by atoms with van der Waals surface area (Å²) in [5.41, 5.74) is 3.47. The normalized spacial score (nSPS) is 13.7. The lowest BCUT2D eigenvalue weighted by molar-refractivity contribution is -0.153. The molecule has 2 nitrogen and oxygen atoms in total. The summed E-state index contributed by atoms with van der Waals surface area (Å²) >= 11 is 0. The van der Waals surface area contributed by atoms with Crippen molar-refractivity contribution < 1.29 is 9.53 Å². The summed E-state index contributed by atoms with van der Waals surface area (Å²) in [5, 5.41) is 0. The molecule has 0 aromatic heterocycles. The van der Waals surface area contributed by atoms with Gasteiger partial charge in [-0.2, -0.15) is 0 Å². The van der Waals surface area contributed by atoms with Gasteiger partial charge in [-0.05, 0) is 79.2 Å². The maximum absolute atomic E-state index is 11.5. The molecule has 0 aromatic carbocycles. The van der Waals surface area contributed by atoms with Gasteiger partial charge in [-0.3, -0.25) is 4.79 Å². The Morgan fingerprint density at radius 2 is 1.38 bits per heavy atom. The van der Waals surface area contributed by atoms with E-state index in [-0.39, 0.29) is 5.97 Å². The summed E-state index contributed by atoms with van der Waals surface area (Å²) in [6, 6.07) is 0. The van der Waals surface area contributed by atoms with E-state index in [4.69, 9.17) is 4.74 Å². The van der Waals surface area contributed by atoms with Crippen LogP contribution in [-0.2, 0) is 9.53 Å². The van der Waals surface area contributed by atoms with Crippen LogP contribution in [0.4, 0.5) is 0 Å². The lowest BCUT2D eigenvalue weighted by Gasteiger charge is -2.29. The van der Waals surface area contributed by atoms with Crippen LogP contribution in [0.2, 0.25) is 0 Å². The van der Waals surface area contributed by atoms with Gasteiger partial charge in [0.05, 0.1) is 0 Å². The SMILES string of the molecule is C=CC(CCC=C(C)C)(CC/C=C(\C)CCC=C(C)C)OC(C)=O. The topological polar surface area (TPSA) is 26.3 Å². The third kappa shape index (κ3) is 11.0. The van der Waals surface area contributed by atoms with Gasteiger partial charge in [0.1, 0.15) is 5.60 Å². The summed E-state index contributed by atoms with van der Waals surface area (Å²) in [6.45, 7) is 16.0. The molecule has 0 aliphatic carbocycles. The molecule has 0 aromatic rings. The average Bonchev–Trinajstić information content (AvgIpc) is 2.45. The van der Waals surface area contributed by atoms with Crippen LogP contribution in [0.5, 0.6) is 0 Å². The van der Waals surface area contributed by atoms with Crippen LogP contribution in [0.3, 0.4) is 0 Å². The Kier molecular flexibility index (Phi) is 11.1. The summed E-state index contributed by atoms with van der Waals surface area (Å²) in [6.07, 6.45) is 14.0. The predicted octanol–water partition coefficient (Wildman–Crippen LogP) is 6.69. The molecular formula is C22H36O2. The molecule has 24 heavy (non-hydrogen) atoms. The highest BCUT2D eigenvalue weighted by atomic mass is 16.6. The highest BCUT2D eigenvalue weighted by Gasteiger charge is 2.28. The Bertz CT molecular complexity index is 486. The van der Waals surface area contributed by atoms with E-state index in [9.17, 15) is 4.79 Å². The molecule has 0 saturated carbocycles. The molecule has 0 radical (unpaired) electrons. The summed E-state index contributed by atoms with van der Waals surface area (Å²) in [7, 11) is 0. The second-order valence-corrected chi connectivity index (χ2v) is 7.09. The first kappa shape index (κ1) is 22.4. The van der Waals surface area contributed by atoms with Crippen molar-refractivity contribution in [3.8, 4) is 0 Å².